The van der Waals surface area contributed by atoms with Crippen molar-refractivity contribution in [3.05, 3.63) is 66.5 Å². The van der Waals surface area contributed by atoms with Crippen LogP contribution in [0.4, 0.5) is 0 Å². The van der Waals surface area contributed by atoms with E-state index >= 15 is 0 Å². The Morgan fingerprint density at radius 3 is 2.77 bits per heavy atom. The summed E-state index contributed by atoms with van der Waals surface area (Å²) in [4.78, 5) is 34.2. The van der Waals surface area contributed by atoms with Crippen LogP contribution < -0.4 is 0 Å². The summed E-state index contributed by atoms with van der Waals surface area (Å²) in [6.45, 7) is 3.91. The summed E-state index contributed by atoms with van der Waals surface area (Å²) in [6, 6.07) is 11.7. The van der Waals surface area contributed by atoms with Crippen LogP contribution in [-0.2, 0) is 16.0 Å². The molecule has 1 aromatic heterocycles. The van der Waals surface area contributed by atoms with Gasteiger partial charge in [-0.1, -0.05) is 42.5 Å². The van der Waals surface area contributed by atoms with Crippen LogP contribution in [-0.4, -0.2) is 52.3 Å². The van der Waals surface area contributed by atoms with E-state index in [1.165, 1.54) is 0 Å². The second kappa shape index (κ2) is 9.24. The molecule has 2 aromatic rings. The second-order valence-electron chi connectivity index (χ2n) is 8.14. The quantitative estimate of drug-likeness (QED) is 0.691. The van der Waals surface area contributed by atoms with Gasteiger partial charge in [0.2, 0.25) is 11.8 Å². The molecule has 1 fully saturated rings. The number of pyridine rings is 1. The van der Waals surface area contributed by atoms with Crippen LogP contribution in [0, 0.1) is 5.92 Å². The summed E-state index contributed by atoms with van der Waals surface area (Å²) < 4.78 is 0. The molecule has 1 saturated heterocycles. The average Bonchev–Trinajstić information content (AvgIpc) is 3.29. The van der Waals surface area contributed by atoms with E-state index < -0.39 is 6.04 Å². The lowest BCUT2D eigenvalue weighted by Gasteiger charge is -2.41. The number of carbonyl (C=O) groups is 2. The number of carbonyl (C=O) groups excluding carboxylic acids is 2. The minimum Gasteiger partial charge on any atom is -0.339 e. The molecular formula is C25H29N3O2. The fourth-order valence-electron chi connectivity index (χ4n) is 4.49. The van der Waals surface area contributed by atoms with Gasteiger partial charge >= 0.3 is 0 Å². The molecule has 30 heavy (non-hydrogen) atoms. The van der Waals surface area contributed by atoms with Gasteiger partial charge < -0.3 is 9.80 Å². The van der Waals surface area contributed by atoms with E-state index in [2.05, 4.69) is 29.3 Å². The lowest BCUT2D eigenvalue weighted by atomic mass is 9.96. The Balaban J connectivity index is 1.55. The molecule has 2 aliphatic rings. The van der Waals surface area contributed by atoms with Gasteiger partial charge in [-0.2, -0.15) is 0 Å². The standard InChI is InChI=1S/C25H29N3O2/c1-2-27-13-14-28(24(29)17-19-7-3-4-8-19)23(25(27)30)16-20-9-5-10-21(15-20)22-11-6-12-26-18-22/h3,5-7,9-12,15,18-19,23H,2,4,8,13-14,16-17H2,1H3. The molecule has 5 heteroatoms. The normalized spacial score (nSPS) is 21.3. The number of hydrogen-bond donors (Lipinski definition) is 0. The highest BCUT2D eigenvalue weighted by atomic mass is 16.2. The van der Waals surface area contributed by atoms with Crippen LogP contribution in [0.25, 0.3) is 11.1 Å². The number of nitrogens with zero attached hydrogens (tertiary/aromatic N) is 3. The number of piperazine rings is 1. The molecule has 5 nitrogen and oxygen atoms in total. The van der Waals surface area contributed by atoms with Gasteiger partial charge in [0.15, 0.2) is 0 Å². The average molecular weight is 404 g/mol. The van der Waals surface area contributed by atoms with Crippen molar-refractivity contribution in [1.82, 2.24) is 14.8 Å². The second-order valence-corrected chi connectivity index (χ2v) is 8.14. The Morgan fingerprint density at radius 1 is 1.17 bits per heavy atom. The SMILES string of the molecule is CCN1CCN(C(=O)CC2C=CCC2)C(Cc2cccc(-c3cccnc3)c2)C1=O. The monoisotopic (exact) mass is 403 g/mol. The number of benzene rings is 1. The zero-order chi connectivity index (χ0) is 20.9. The number of amides is 2. The van der Waals surface area contributed by atoms with E-state index in [9.17, 15) is 9.59 Å². The predicted octanol–water partition coefficient (Wildman–Crippen LogP) is 3.71. The molecule has 2 heterocycles. The number of allylic oxidation sites excluding steroid dienone is 2. The third kappa shape index (κ3) is 4.45. The number of aromatic nitrogens is 1. The van der Waals surface area contributed by atoms with Crippen molar-refractivity contribution in [2.24, 2.45) is 5.92 Å². The molecule has 2 atom stereocenters. The van der Waals surface area contributed by atoms with E-state index in [1.807, 2.05) is 47.2 Å². The topological polar surface area (TPSA) is 53.5 Å². The molecule has 0 saturated carbocycles. The van der Waals surface area contributed by atoms with Gasteiger partial charge in [0.25, 0.3) is 0 Å². The molecule has 2 unspecified atom stereocenters. The molecule has 0 spiro atoms. The highest BCUT2D eigenvalue weighted by Gasteiger charge is 2.37. The van der Waals surface area contributed by atoms with Gasteiger partial charge in [-0.05, 0) is 48.4 Å². The fraction of sp³-hybridized carbons (Fsp3) is 0.400. The van der Waals surface area contributed by atoms with Crippen LogP contribution in [0.5, 0.6) is 0 Å². The molecular weight excluding hydrogens is 374 g/mol. The number of rotatable bonds is 6. The van der Waals surface area contributed by atoms with Gasteiger partial charge in [0.1, 0.15) is 6.04 Å². The zero-order valence-electron chi connectivity index (χ0n) is 17.5. The summed E-state index contributed by atoms with van der Waals surface area (Å²) in [6.07, 6.45) is 11.0. The molecule has 1 aliphatic heterocycles. The van der Waals surface area contributed by atoms with Crippen LogP contribution in [0.2, 0.25) is 0 Å². The first-order valence-corrected chi connectivity index (χ1v) is 10.9. The highest BCUT2D eigenvalue weighted by Crippen LogP contribution is 2.25. The van der Waals surface area contributed by atoms with Crippen molar-refractivity contribution in [2.75, 3.05) is 19.6 Å². The lowest BCUT2D eigenvalue weighted by Crippen LogP contribution is -2.59. The Hall–Kier alpha value is -2.95. The molecule has 0 bridgehead atoms. The molecule has 156 valence electrons. The van der Waals surface area contributed by atoms with Crippen molar-refractivity contribution in [2.45, 2.75) is 38.6 Å². The third-order valence-electron chi connectivity index (χ3n) is 6.19. The number of hydrogen-bond acceptors (Lipinski definition) is 3. The van der Waals surface area contributed by atoms with Gasteiger partial charge in [0, 0.05) is 44.9 Å². The van der Waals surface area contributed by atoms with Crippen molar-refractivity contribution >= 4 is 11.8 Å². The molecule has 1 aromatic carbocycles. The van der Waals surface area contributed by atoms with Crippen LogP contribution >= 0.6 is 0 Å². The van der Waals surface area contributed by atoms with E-state index in [0.29, 0.717) is 38.4 Å². The first-order chi connectivity index (χ1) is 14.7. The van der Waals surface area contributed by atoms with Gasteiger partial charge in [-0.25, -0.2) is 0 Å². The molecule has 1 aliphatic carbocycles. The molecule has 0 N–H and O–H groups in total. The minimum atomic E-state index is -0.430. The van der Waals surface area contributed by atoms with Crippen molar-refractivity contribution < 1.29 is 9.59 Å². The summed E-state index contributed by atoms with van der Waals surface area (Å²) in [5, 5.41) is 0. The first-order valence-electron chi connectivity index (χ1n) is 10.9. The Morgan fingerprint density at radius 2 is 2.03 bits per heavy atom. The predicted molar refractivity (Wildman–Crippen MR) is 118 cm³/mol. The van der Waals surface area contributed by atoms with E-state index in [4.69, 9.17) is 0 Å². The van der Waals surface area contributed by atoms with E-state index in [-0.39, 0.29) is 11.8 Å². The third-order valence-corrected chi connectivity index (χ3v) is 6.19. The zero-order valence-corrected chi connectivity index (χ0v) is 17.5. The van der Waals surface area contributed by atoms with E-state index in [1.54, 1.807) is 6.20 Å². The van der Waals surface area contributed by atoms with Gasteiger partial charge in [-0.15, -0.1) is 0 Å². The van der Waals surface area contributed by atoms with Crippen molar-refractivity contribution in [3.63, 3.8) is 0 Å². The van der Waals surface area contributed by atoms with Crippen LogP contribution in [0.1, 0.15) is 31.7 Å². The largest absolute Gasteiger partial charge is 0.339 e. The summed E-state index contributed by atoms with van der Waals surface area (Å²) in [5.41, 5.74) is 3.18. The Kier molecular flexibility index (Phi) is 6.26. The fourth-order valence-corrected chi connectivity index (χ4v) is 4.49. The molecule has 4 rings (SSSR count). The Labute approximate surface area is 178 Å². The lowest BCUT2D eigenvalue weighted by molar-refractivity contribution is -0.151. The first kappa shape index (κ1) is 20.3. The van der Waals surface area contributed by atoms with E-state index in [0.717, 1.165) is 29.5 Å². The van der Waals surface area contributed by atoms with Gasteiger partial charge in [0.05, 0.1) is 0 Å². The van der Waals surface area contributed by atoms with Crippen LogP contribution in [0.15, 0.2) is 60.9 Å². The minimum absolute atomic E-state index is 0.0610. The maximum Gasteiger partial charge on any atom is 0.245 e. The van der Waals surface area contributed by atoms with Crippen LogP contribution in [0.3, 0.4) is 0 Å². The summed E-state index contributed by atoms with van der Waals surface area (Å²) in [7, 11) is 0. The maximum atomic E-state index is 13.2. The summed E-state index contributed by atoms with van der Waals surface area (Å²) in [5.74, 6) is 0.473. The molecule has 2 amide bonds. The highest BCUT2D eigenvalue weighted by molar-refractivity contribution is 5.89. The smallest absolute Gasteiger partial charge is 0.245 e. The van der Waals surface area contributed by atoms with Crippen molar-refractivity contribution in [3.8, 4) is 11.1 Å². The molecule has 0 radical (unpaired) electrons. The maximum absolute atomic E-state index is 13.2. The van der Waals surface area contributed by atoms with Gasteiger partial charge in [-0.3, -0.25) is 14.6 Å². The van der Waals surface area contributed by atoms with Crippen molar-refractivity contribution in [1.29, 1.82) is 0 Å². The number of likely N-dealkylation sites (N-methyl/N-ethyl adjacent to an activating group) is 1. The Bertz CT molecular complexity index is 925. The summed E-state index contributed by atoms with van der Waals surface area (Å²) >= 11 is 0.